The van der Waals surface area contributed by atoms with Gasteiger partial charge in [-0.15, -0.1) is 0 Å². The van der Waals surface area contributed by atoms with E-state index in [0.717, 1.165) is 23.1 Å². The first kappa shape index (κ1) is 20.8. The second-order valence-electron chi connectivity index (χ2n) is 6.76. The highest BCUT2D eigenvalue weighted by molar-refractivity contribution is 6.23. The summed E-state index contributed by atoms with van der Waals surface area (Å²) in [5.74, 6) is -4.17. The van der Waals surface area contributed by atoms with Gasteiger partial charge in [0.2, 0.25) is 11.8 Å². The quantitative estimate of drug-likeness (QED) is 0.610. The van der Waals surface area contributed by atoms with Gasteiger partial charge in [0.25, 0.3) is 5.60 Å². The number of fused-ring (bicyclic) bond motifs is 1. The largest absolute Gasteiger partial charge is 0.463 e. The number of anilines is 1. The summed E-state index contributed by atoms with van der Waals surface area (Å²) < 4.78 is 45.0. The molecule has 1 fully saturated rings. The molecule has 3 unspecified atom stereocenters. The zero-order valence-electron chi connectivity index (χ0n) is 15.6. The average molecular weight is 409 g/mol. The summed E-state index contributed by atoms with van der Waals surface area (Å²) in [4.78, 5) is 38.1. The van der Waals surface area contributed by atoms with Crippen molar-refractivity contribution in [1.82, 2.24) is 0 Å². The number of benzene rings is 1. The van der Waals surface area contributed by atoms with E-state index in [1.807, 2.05) is 0 Å². The normalized spacial score (nSPS) is 23.2. The van der Waals surface area contributed by atoms with Crippen LogP contribution in [-0.4, -0.2) is 35.7 Å². The molecular formula is C20H18F3NO5. The molecule has 6 nitrogen and oxygen atoms in total. The topological polar surface area (TPSA) is 83.9 Å². The second-order valence-corrected chi connectivity index (χ2v) is 6.76. The number of nitrogens with zero attached hydrogens (tertiary/aromatic N) is 1. The first-order chi connectivity index (χ1) is 13.5. The van der Waals surface area contributed by atoms with E-state index in [4.69, 9.17) is 0 Å². The van der Waals surface area contributed by atoms with Gasteiger partial charge in [0.1, 0.15) is 0 Å². The van der Waals surface area contributed by atoms with Crippen molar-refractivity contribution in [3.63, 3.8) is 0 Å². The van der Waals surface area contributed by atoms with E-state index in [-0.39, 0.29) is 17.9 Å². The van der Waals surface area contributed by atoms with Crippen LogP contribution in [-0.2, 0) is 24.7 Å². The lowest BCUT2D eigenvalue weighted by Crippen LogP contribution is -2.50. The summed E-state index contributed by atoms with van der Waals surface area (Å²) in [7, 11) is 0. The number of aliphatic hydroxyl groups is 1. The molecule has 1 aliphatic heterocycles. The first-order valence-electron chi connectivity index (χ1n) is 8.84. The monoisotopic (exact) mass is 409 g/mol. The van der Waals surface area contributed by atoms with Gasteiger partial charge in [-0.2, -0.15) is 13.2 Å². The van der Waals surface area contributed by atoms with Crippen molar-refractivity contribution >= 4 is 23.5 Å². The zero-order chi connectivity index (χ0) is 21.6. The summed E-state index contributed by atoms with van der Waals surface area (Å²) in [6.07, 6.45) is 1.15. The van der Waals surface area contributed by atoms with E-state index >= 15 is 0 Å². The van der Waals surface area contributed by atoms with Gasteiger partial charge in [0.05, 0.1) is 24.1 Å². The molecule has 1 heterocycles. The average Bonchev–Trinajstić information content (AvgIpc) is 2.91. The van der Waals surface area contributed by atoms with Gasteiger partial charge in [-0.05, 0) is 25.5 Å². The Balaban J connectivity index is 2.03. The van der Waals surface area contributed by atoms with Crippen LogP contribution in [0.3, 0.4) is 0 Å². The van der Waals surface area contributed by atoms with Gasteiger partial charge in [0.15, 0.2) is 0 Å². The smallest absolute Gasteiger partial charge is 0.432 e. The lowest BCUT2D eigenvalue weighted by molar-refractivity contribution is -0.267. The highest BCUT2D eigenvalue weighted by Gasteiger charge is 2.62. The van der Waals surface area contributed by atoms with E-state index in [1.165, 1.54) is 13.8 Å². The van der Waals surface area contributed by atoms with Gasteiger partial charge in [-0.25, -0.2) is 9.69 Å². The number of carbonyl (C=O) groups is 3. The summed E-state index contributed by atoms with van der Waals surface area (Å²) in [6.45, 7) is 2.35. The highest BCUT2D eigenvalue weighted by Crippen LogP contribution is 2.42. The Labute approximate surface area is 164 Å². The maximum absolute atomic E-state index is 13.5. The van der Waals surface area contributed by atoms with Crippen molar-refractivity contribution in [3.8, 4) is 0 Å². The van der Waals surface area contributed by atoms with Crippen LogP contribution >= 0.6 is 0 Å². The van der Waals surface area contributed by atoms with Crippen LogP contribution in [0.5, 0.6) is 0 Å². The molecule has 2 amide bonds. The number of aryl methyl sites for hydroxylation is 1. The third kappa shape index (κ3) is 3.15. The number of rotatable bonds is 4. The molecule has 2 aliphatic rings. The Kier molecular flexibility index (Phi) is 5.12. The van der Waals surface area contributed by atoms with E-state index in [0.29, 0.717) is 0 Å². The fourth-order valence-electron chi connectivity index (χ4n) is 3.49. The molecule has 0 aromatic heterocycles. The molecule has 1 N–H and O–H groups in total. The number of hydrogen-bond donors (Lipinski definition) is 1. The number of amides is 2. The molecule has 1 aliphatic carbocycles. The molecule has 29 heavy (non-hydrogen) atoms. The van der Waals surface area contributed by atoms with Gasteiger partial charge in [-0.3, -0.25) is 9.59 Å². The molecular weight excluding hydrogens is 391 g/mol. The molecule has 3 rings (SSSR count). The third-order valence-electron chi connectivity index (χ3n) is 4.98. The van der Waals surface area contributed by atoms with Crippen molar-refractivity contribution < 1.29 is 37.4 Å². The molecule has 1 aromatic rings. The van der Waals surface area contributed by atoms with Gasteiger partial charge in [-0.1, -0.05) is 36.4 Å². The Morgan fingerprint density at radius 2 is 1.69 bits per heavy atom. The Bertz CT molecular complexity index is 907. The second kappa shape index (κ2) is 7.14. The van der Waals surface area contributed by atoms with E-state index in [2.05, 4.69) is 4.74 Å². The Morgan fingerprint density at radius 3 is 2.14 bits per heavy atom. The lowest BCUT2D eigenvalue weighted by Gasteiger charge is -2.29. The fourth-order valence-corrected chi connectivity index (χ4v) is 3.49. The van der Waals surface area contributed by atoms with E-state index < -0.39 is 47.0 Å². The maximum Gasteiger partial charge on any atom is 0.432 e. The van der Waals surface area contributed by atoms with Gasteiger partial charge >= 0.3 is 12.1 Å². The molecule has 1 aromatic carbocycles. The molecule has 1 saturated heterocycles. The van der Waals surface area contributed by atoms with Gasteiger partial charge < -0.3 is 9.84 Å². The number of allylic oxidation sites excluding steroid dienone is 2. The SMILES string of the molecule is CCOC(=O)C(O)(c1ccc(N2C(=O)C3C=CC=CC3C2=O)c(C)c1)C(F)(F)F. The summed E-state index contributed by atoms with van der Waals surface area (Å²) >= 11 is 0. The van der Waals surface area contributed by atoms with Crippen LogP contribution in [0.15, 0.2) is 42.5 Å². The summed E-state index contributed by atoms with van der Waals surface area (Å²) in [6, 6.07) is 2.90. The van der Waals surface area contributed by atoms with Crippen LogP contribution in [0, 0.1) is 18.8 Å². The van der Waals surface area contributed by atoms with Crippen LogP contribution in [0.1, 0.15) is 18.1 Å². The molecule has 0 radical (unpaired) electrons. The van der Waals surface area contributed by atoms with Crippen molar-refractivity contribution in [1.29, 1.82) is 0 Å². The summed E-state index contributed by atoms with van der Waals surface area (Å²) in [5, 5.41) is 10.2. The molecule has 0 spiro atoms. The predicted octanol–water partition coefficient (Wildman–Crippen LogP) is 2.54. The number of halogens is 3. The van der Waals surface area contributed by atoms with Crippen LogP contribution in [0.2, 0.25) is 0 Å². The number of imide groups is 1. The lowest BCUT2D eigenvalue weighted by atomic mass is 9.91. The fraction of sp³-hybridized carbons (Fsp3) is 0.350. The molecule has 3 atom stereocenters. The Hall–Kier alpha value is -2.94. The number of alkyl halides is 3. The Morgan fingerprint density at radius 1 is 1.14 bits per heavy atom. The number of esters is 1. The van der Waals surface area contributed by atoms with Crippen LogP contribution in [0.4, 0.5) is 18.9 Å². The first-order valence-corrected chi connectivity index (χ1v) is 8.84. The minimum Gasteiger partial charge on any atom is -0.463 e. The number of hydrogen-bond acceptors (Lipinski definition) is 5. The van der Waals surface area contributed by atoms with E-state index in [1.54, 1.807) is 24.3 Å². The number of ether oxygens (including phenoxy) is 1. The van der Waals surface area contributed by atoms with Crippen molar-refractivity contribution in [2.75, 3.05) is 11.5 Å². The minimum atomic E-state index is -5.34. The van der Waals surface area contributed by atoms with Crippen molar-refractivity contribution in [2.24, 2.45) is 11.8 Å². The maximum atomic E-state index is 13.5. The van der Waals surface area contributed by atoms with E-state index in [9.17, 15) is 32.7 Å². The number of carbonyl (C=O) groups excluding carboxylic acids is 3. The molecule has 154 valence electrons. The van der Waals surface area contributed by atoms with Crippen LogP contribution in [0.25, 0.3) is 0 Å². The third-order valence-corrected chi connectivity index (χ3v) is 4.98. The molecule has 0 bridgehead atoms. The minimum absolute atomic E-state index is 0.0910. The predicted molar refractivity (Wildman–Crippen MR) is 95.5 cm³/mol. The molecule has 9 heteroatoms. The molecule has 0 saturated carbocycles. The van der Waals surface area contributed by atoms with Crippen LogP contribution < -0.4 is 4.90 Å². The highest BCUT2D eigenvalue weighted by atomic mass is 19.4. The van der Waals surface area contributed by atoms with Gasteiger partial charge in [0, 0.05) is 5.56 Å². The zero-order valence-corrected chi connectivity index (χ0v) is 15.6. The summed E-state index contributed by atoms with van der Waals surface area (Å²) in [5.41, 5.74) is -4.43. The standard InChI is InChI=1S/C20H18F3NO5/c1-3-29-18(27)19(28,20(21,22)23)12-8-9-15(11(2)10-12)24-16(25)13-6-4-5-7-14(13)17(24)26/h4-10,13-14,28H,3H2,1-2H3. The van der Waals surface area contributed by atoms with Crippen molar-refractivity contribution in [2.45, 2.75) is 25.6 Å². The van der Waals surface area contributed by atoms with Crippen molar-refractivity contribution in [3.05, 3.63) is 53.6 Å².